The van der Waals surface area contributed by atoms with Crippen molar-refractivity contribution in [2.75, 3.05) is 16.9 Å². The Morgan fingerprint density at radius 3 is 2.52 bits per heavy atom. The zero-order valence-corrected chi connectivity index (χ0v) is 17.1. The molecule has 25 heavy (non-hydrogen) atoms. The quantitative estimate of drug-likeness (QED) is 0.695. The standard InChI is InChI=1S/C19H19IN2O2S/c1-12-3-8-16(9-13(12)2)21-18(23)17-10-25-11-22(17)19(24)14-4-6-15(20)7-5-14/h3-9,17H,10-11H2,1-2H3,(H,21,23). The number of nitrogens with one attached hydrogen (secondary N) is 1. The average Bonchev–Trinajstić information content (AvgIpc) is 3.08. The Balaban J connectivity index is 1.74. The minimum Gasteiger partial charge on any atom is -0.324 e. The molecule has 1 heterocycles. The highest BCUT2D eigenvalue weighted by Crippen LogP contribution is 2.25. The Hall–Kier alpha value is -1.54. The summed E-state index contributed by atoms with van der Waals surface area (Å²) in [6.07, 6.45) is 0. The highest BCUT2D eigenvalue weighted by Gasteiger charge is 2.35. The summed E-state index contributed by atoms with van der Waals surface area (Å²) in [5, 5.41) is 2.95. The van der Waals surface area contributed by atoms with Crippen LogP contribution in [0.3, 0.4) is 0 Å². The van der Waals surface area contributed by atoms with Gasteiger partial charge in [0, 0.05) is 20.6 Å². The Bertz CT molecular complexity index is 808. The van der Waals surface area contributed by atoms with Crippen LogP contribution in [0.15, 0.2) is 42.5 Å². The number of benzene rings is 2. The SMILES string of the molecule is Cc1ccc(NC(=O)C2CSCN2C(=O)c2ccc(I)cc2)cc1C. The van der Waals surface area contributed by atoms with Crippen molar-refractivity contribution < 1.29 is 9.59 Å². The third kappa shape index (κ3) is 4.17. The summed E-state index contributed by atoms with van der Waals surface area (Å²) in [5.74, 6) is 0.927. The fraction of sp³-hybridized carbons (Fsp3) is 0.263. The number of thioether (sulfide) groups is 1. The summed E-state index contributed by atoms with van der Waals surface area (Å²) in [7, 11) is 0. The number of anilines is 1. The molecule has 0 aromatic heterocycles. The van der Waals surface area contributed by atoms with Crippen LogP contribution in [-0.2, 0) is 4.79 Å². The van der Waals surface area contributed by atoms with Gasteiger partial charge in [-0.25, -0.2) is 0 Å². The summed E-state index contributed by atoms with van der Waals surface area (Å²) >= 11 is 3.81. The molecule has 0 bridgehead atoms. The van der Waals surface area contributed by atoms with E-state index in [1.165, 1.54) is 5.56 Å². The number of amides is 2. The van der Waals surface area contributed by atoms with E-state index in [1.807, 2.05) is 56.3 Å². The third-order valence-electron chi connectivity index (χ3n) is 4.31. The van der Waals surface area contributed by atoms with Crippen LogP contribution in [0.25, 0.3) is 0 Å². The van der Waals surface area contributed by atoms with Gasteiger partial charge in [0.25, 0.3) is 5.91 Å². The molecule has 2 aromatic rings. The van der Waals surface area contributed by atoms with Crippen LogP contribution < -0.4 is 5.32 Å². The lowest BCUT2D eigenvalue weighted by molar-refractivity contribution is -0.119. The molecule has 6 heteroatoms. The molecule has 1 atom stereocenters. The number of hydrogen-bond acceptors (Lipinski definition) is 3. The molecule has 4 nitrogen and oxygen atoms in total. The maximum atomic E-state index is 12.8. The van der Waals surface area contributed by atoms with Crippen molar-refractivity contribution >= 4 is 51.9 Å². The second-order valence-electron chi connectivity index (χ2n) is 6.09. The smallest absolute Gasteiger partial charge is 0.255 e. The summed E-state index contributed by atoms with van der Waals surface area (Å²) < 4.78 is 1.08. The van der Waals surface area contributed by atoms with Crippen molar-refractivity contribution in [3.05, 3.63) is 62.7 Å². The van der Waals surface area contributed by atoms with Gasteiger partial charge in [-0.15, -0.1) is 11.8 Å². The molecule has 1 unspecified atom stereocenters. The summed E-state index contributed by atoms with van der Waals surface area (Å²) in [6, 6.07) is 12.8. The lowest BCUT2D eigenvalue weighted by atomic mass is 10.1. The van der Waals surface area contributed by atoms with Crippen LogP contribution in [0.4, 0.5) is 5.69 Å². The molecule has 2 amide bonds. The van der Waals surface area contributed by atoms with Gasteiger partial charge in [-0.05, 0) is 84.0 Å². The molecule has 1 aliphatic heterocycles. The van der Waals surface area contributed by atoms with E-state index in [-0.39, 0.29) is 11.8 Å². The van der Waals surface area contributed by atoms with Crippen LogP contribution in [0.1, 0.15) is 21.5 Å². The average molecular weight is 466 g/mol. The van der Waals surface area contributed by atoms with Crippen molar-refractivity contribution in [3.63, 3.8) is 0 Å². The molecule has 2 aromatic carbocycles. The minimum absolute atomic E-state index is 0.0957. The topological polar surface area (TPSA) is 49.4 Å². The molecule has 1 N–H and O–H groups in total. The predicted octanol–water partition coefficient (Wildman–Crippen LogP) is 4.06. The van der Waals surface area contributed by atoms with E-state index in [4.69, 9.17) is 0 Å². The first-order valence-corrected chi connectivity index (χ1v) is 10.2. The molecule has 1 aliphatic rings. The molecular formula is C19H19IN2O2S. The number of rotatable bonds is 3. The van der Waals surface area contributed by atoms with E-state index in [0.717, 1.165) is 14.8 Å². The molecule has 0 saturated carbocycles. The van der Waals surface area contributed by atoms with Crippen LogP contribution in [-0.4, -0.2) is 34.4 Å². The number of hydrogen-bond donors (Lipinski definition) is 1. The van der Waals surface area contributed by atoms with Gasteiger partial charge in [0.05, 0.1) is 5.88 Å². The minimum atomic E-state index is -0.446. The molecule has 3 rings (SSSR count). The molecule has 1 fully saturated rings. The maximum absolute atomic E-state index is 12.8. The molecule has 130 valence electrons. The van der Waals surface area contributed by atoms with Crippen molar-refractivity contribution in [1.29, 1.82) is 0 Å². The second kappa shape index (κ2) is 7.78. The van der Waals surface area contributed by atoms with Crippen molar-refractivity contribution in [1.82, 2.24) is 4.90 Å². The number of carbonyl (C=O) groups excluding carboxylic acids is 2. The molecule has 0 aliphatic carbocycles. The van der Waals surface area contributed by atoms with Gasteiger partial charge >= 0.3 is 0 Å². The maximum Gasteiger partial charge on any atom is 0.255 e. The van der Waals surface area contributed by atoms with E-state index in [0.29, 0.717) is 17.2 Å². The van der Waals surface area contributed by atoms with Gasteiger partial charge in [-0.2, -0.15) is 0 Å². The molecule has 1 saturated heterocycles. The van der Waals surface area contributed by atoms with Gasteiger partial charge in [0.15, 0.2) is 0 Å². The molecule has 0 spiro atoms. The Morgan fingerprint density at radius 1 is 1.12 bits per heavy atom. The van der Waals surface area contributed by atoms with Gasteiger partial charge in [-0.1, -0.05) is 6.07 Å². The van der Waals surface area contributed by atoms with Crippen LogP contribution >= 0.6 is 34.4 Å². The number of halogens is 1. The van der Waals surface area contributed by atoms with Gasteiger partial charge in [-0.3, -0.25) is 9.59 Å². The van der Waals surface area contributed by atoms with Crippen molar-refractivity contribution in [2.24, 2.45) is 0 Å². The molecular weight excluding hydrogens is 447 g/mol. The summed E-state index contributed by atoms with van der Waals surface area (Å²) in [5.41, 5.74) is 3.70. The Kier molecular flexibility index (Phi) is 5.68. The number of carbonyl (C=O) groups is 2. The van der Waals surface area contributed by atoms with E-state index in [9.17, 15) is 9.59 Å². The van der Waals surface area contributed by atoms with Crippen LogP contribution in [0, 0.1) is 17.4 Å². The normalized spacial score (nSPS) is 16.8. The lowest BCUT2D eigenvalue weighted by Crippen LogP contribution is -2.44. The Morgan fingerprint density at radius 2 is 1.84 bits per heavy atom. The van der Waals surface area contributed by atoms with Gasteiger partial charge < -0.3 is 10.2 Å². The zero-order chi connectivity index (χ0) is 18.0. The van der Waals surface area contributed by atoms with Crippen LogP contribution in [0.5, 0.6) is 0 Å². The molecule has 0 radical (unpaired) electrons. The number of aryl methyl sites for hydroxylation is 2. The van der Waals surface area contributed by atoms with Crippen molar-refractivity contribution in [2.45, 2.75) is 19.9 Å². The van der Waals surface area contributed by atoms with E-state index >= 15 is 0 Å². The monoisotopic (exact) mass is 466 g/mol. The first-order valence-electron chi connectivity index (χ1n) is 7.98. The van der Waals surface area contributed by atoms with Crippen molar-refractivity contribution in [3.8, 4) is 0 Å². The van der Waals surface area contributed by atoms with Gasteiger partial charge in [0.2, 0.25) is 5.91 Å². The van der Waals surface area contributed by atoms with E-state index < -0.39 is 6.04 Å². The highest BCUT2D eigenvalue weighted by atomic mass is 127. The highest BCUT2D eigenvalue weighted by molar-refractivity contribution is 14.1. The number of nitrogens with zero attached hydrogens (tertiary/aromatic N) is 1. The van der Waals surface area contributed by atoms with E-state index in [1.54, 1.807) is 16.7 Å². The second-order valence-corrected chi connectivity index (χ2v) is 8.33. The van der Waals surface area contributed by atoms with Crippen LogP contribution in [0.2, 0.25) is 0 Å². The first-order chi connectivity index (χ1) is 12.0. The third-order valence-corrected chi connectivity index (χ3v) is 6.04. The van der Waals surface area contributed by atoms with Gasteiger partial charge in [0.1, 0.15) is 6.04 Å². The Labute approximate surface area is 165 Å². The lowest BCUT2D eigenvalue weighted by Gasteiger charge is -2.23. The summed E-state index contributed by atoms with van der Waals surface area (Å²) in [6.45, 7) is 4.05. The fourth-order valence-electron chi connectivity index (χ4n) is 2.66. The predicted molar refractivity (Wildman–Crippen MR) is 111 cm³/mol. The fourth-order valence-corrected chi connectivity index (χ4v) is 4.18. The zero-order valence-electron chi connectivity index (χ0n) is 14.1. The van der Waals surface area contributed by atoms with E-state index in [2.05, 4.69) is 27.9 Å². The summed E-state index contributed by atoms with van der Waals surface area (Å²) in [4.78, 5) is 27.1. The largest absolute Gasteiger partial charge is 0.324 e. The first kappa shape index (κ1) is 18.3.